The summed E-state index contributed by atoms with van der Waals surface area (Å²) < 4.78 is 26.6. The van der Waals surface area contributed by atoms with Gasteiger partial charge in [-0.15, -0.1) is 0 Å². The van der Waals surface area contributed by atoms with E-state index in [2.05, 4.69) is 15.9 Å². The predicted octanol–water partition coefficient (Wildman–Crippen LogP) is 3.98. The zero-order chi connectivity index (χ0) is 10.0. The highest BCUT2D eigenvalue weighted by atomic mass is 79.9. The second-order valence-electron chi connectivity index (χ2n) is 3.26. The Hall–Kier alpha value is -0.440. The normalized spacial score (nSPS) is 10.9. The molecule has 0 unspecified atom stereocenters. The van der Waals surface area contributed by atoms with Crippen LogP contribution >= 0.6 is 15.9 Å². The first-order chi connectivity index (χ1) is 6.06. The Morgan fingerprint density at radius 3 is 2.00 bits per heavy atom. The molecular formula is C10H11BrF2. The monoisotopic (exact) mass is 248 g/mol. The van der Waals surface area contributed by atoms with Crippen molar-refractivity contribution in [2.75, 3.05) is 0 Å². The lowest BCUT2D eigenvalue weighted by molar-refractivity contribution is 0.540. The fourth-order valence-electron chi connectivity index (χ4n) is 1.27. The molecule has 0 aliphatic heterocycles. The lowest BCUT2D eigenvalue weighted by Gasteiger charge is -2.09. The van der Waals surface area contributed by atoms with Crippen LogP contribution in [0.25, 0.3) is 0 Å². The predicted molar refractivity (Wildman–Crippen MR) is 53.1 cm³/mol. The van der Waals surface area contributed by atoms with Gasteiger partial charge in [0.1, 0.15) is 11.6 Å². The van der Waals surface area contributed by atoms with E-state index in [1.54, 1.807) is 13.8 Å². The highest BCUT2D eigenvalue weighted by Crippen LogP contribution is 2.24. The topological polar surface area (TPSA) is 0 Å². The molecule has 1 rings (SSSR count). The van der Waals surface area contributed by atoms with Crippen molar-refractivity contribution in [2.45, 2.75) is 25.1 Å². The van der Waals surface area contributed by atoms with Crippen molar-refractivity contribution in [2.24, 2.45) is 0 Å². The third-order valence-electron chi connectivity index (χ3n) is 1.87. The highest BCUT2D eigenvalue weighted by molar-refractivity contribution is 9.08. The molecule has 72 valence electrons. The Balaban J connectivity index is 3.23. The van der Waals surface area contributed by atoms with Crippen LogP contribution in [-0.4, -0.2) is 0 Å². The van der Waals surface area contributed by atoms with Gasteiger partial charge in [-0.3, -0.25) is 0 Å². The highest BCUT2D eigenvalue weighted by Gasteiger charge is 2.13. The van der Waals surface area contributed by atoms with Gasteiger partial charge in [0, 0.05) is 10.9 Å². The minimum Gasteiger partial charge on any atom is -0.207 e. The van der Waals surface area contributed by atoms with E-state index < -0.39 is 11.6 Å². The Kier molecular flexibility index (Phi) is 3.42. The van der Waals surface area contributed by atoms with Gasteiger partial charge in [-0.2, -0.15) is 0 Å². The van der Waals surface area contributed by atoms with Crippen LogP contribution < -0.4 is 0 Å². The molecule has 0 heterocycles. The second kappa shape index (κ2) is 4.18. The molecular weight excluding hydrogens is 238 g/mol. The number of hydrogen-bond acceptors (Lipinski definition) is 0. The van der Waals surface area contributed by atoms with Crippen molar-refractivity contribution in [3.63, 3.8) is 0 Å². The van der Waals surface area contributed by atoms with E-state index in [4.69, 9.17) is 0 Å². The van der Waals surface area contributed by atoms with E-state index >= 15 is 0 Å². The van der Waals surface area contributed by atoms with Gasteiger partial charge in [-0.05, 0) is 23.6 Å². The third-order valence-corrected chi connectivity index (χ3v) is 2.52. The molecule has 0 N–H and O–H groups in total. The zero-order valence-electron chi connectivity index (χ0n) is 7.57. The number of halogens is 3. The van der Waals surface area contributed by atoms with E-state index in [9.17, 15) is 8.78 Å². The fraction of sp³-hybridized carbons (Fsp3) is 0.400. The summed E-state index contributed by atoms with van der Waals surface area (Å²) in [6.07, 6.45) is 0. The summed E-state index contributed by atoms with van der Waals surface area (Å²) in [5.41, 5.74) is 0.795. The van der Waals surface area contributed by atoms with Gasteiger partial charge in [0.2, 0.25) is 0 Å². The lowest BCUT2D eigenvalue weighted by atomic mass is 10.0. The first-order valence-electron chi connectivity index (χ1n) is 4.10. The summed E-state index contributed by atoms with van der Waals surface area (Å²) >= 11 is 3.15. The van der Waals surface area contributed by atoms with Crippen LogP contribution in [0.4, 0.5) is 8.78 Å². The van der Waals surface area contributed by atoms with Crippen LogP contribution in [0.2, 0.25) is 0 Å². The first-order valence-corrected chi connectivity index (χ1v) is 5.22. The van der Waals surface area contributed by atoms with Gasteiger partial charge >= 0.3 is 0 Å². The Labute approximate surface area is 85.1 Å². The molecule has 0 aliphatic carbocycles. The number of alkyl halides is 1. The molecule has 1 aromatic rings. The van der Waals surface area contributed by atoms with Gasteiger partial charge in [0.25, 0.3) is 0 Å². The quantitative estimate of drug-likeness (QED) is 0.695. The molecule has 0 saturated carbocycles. The van der Waals surface area contributed by atoms with Crippen LogP contribution in [0.5, 0.6) is 0 Å². The van der Waals surface area contributed by atoms with Crippen LogP contribution in [0.15, 0.2) is 12.1 Å². The molecule has 0 atom stereocenters. The van der Waals surface area contributed by atoms with Crippen molar-refractivity contribution in [1.29, 1.82) is 0 Å². The van der Waals surface area contributed by atoms with Gasteiger partial charge in [0.15, 0.2) is 0 Å². The van der Waals surface area contributed by atoms with E-state index in [-0.39, 0.29) is 11.5 Å². The molecule has 0 spiro atoms. The van der Waals surface area contributed by atoms with Gasteiger partial charge in [-0.25, -0.2) is 8.78 Å². The molecule has 0 aromatic heterocycles. The molecule has 0 fully saturated rings. The van der Waals surface area contributed by atoms with Crippen molar-refractivity contribution < 1.29 is 8.78 Å². The van der Waals surface area contributed by atoms with Crippen LogP contribution in [0, 0.1) is 11.6 Å². The number of rotatable bonds is 2. The van der Waals surface area contributed by atoms with Crippen molar-refractivity contribution in [3.8, 4) is 0 Å². The smallest absolute Gasteiger partial charge is 0.129 e. The van der Waals surface area contributed by atoms with Crippen molar-refractivity contribution >= 4 is 15.9 Å². The van der Waals surface area contributed by atoms with Crippen molar-refractivity contribution in [1.82, 2.24) is 0 Å². The maximum atomic E-state index is 13.3. The van der Waals surface area contributed by atoms with Crippen LogP contribution in [-0.2, 0) is 5.33 Å². The Morgan fingerprint density at radius 2 is 1.69 bits per heavy atom. The van der Waals surface area contributed by atoms with Gasteiger partial charge in [0.05, 0.1) is 0 Å². The van der Waals surface area contributed by atoms with Crippen LogP contribution in [0.1, 0.15) is 30.9 Å². The number of benzene rings is 1. The van der Waals surface area contributed by atoms with Gasteiger partial charge < -0.3 is 0 Å². The maximum absolute atomic E-state index is 13.3. The molecule has 3 heteroatoms. The molecule has 0 radical (unpaired) electrons. The van der Waals surface area contributed by atoms with E-state index in [0.717, 1.165) is 0 Å². The Bertz CT molecular complexity index is 285. The van der Waals surface area contributed by atoms with Crippen molar-refractivity contribution in [3.05, 3.63) is 34.9 Å². The van der Waals surface area contributed by atoms with E-state index in [1.165, 1.54) is 12.1 Å². The van der Waals surface area contributed by atoms with E-state index in [0.29, 0.717) is 10.9 Å². The SMILES string of the molecule is CC(C)c1c(F)cc(CBr)cc1F. The maximum Gasteiger partial charge on any atom is 0.129 e. The van der Waals surface area contributed by atoms with Gasteiger partial charge in [-0.1, -0.05) is 29.8 Å². The standard InChI is InChI=1S/C10H11BrF2/c1-6(2)10-8(12)3-7(5-11)4-9(10)13/h3-4,6H,5H2,1-2H3. The summed E-state index contributed by atoms with van der Waals surface area (Å²) in [6.45, 7) is 3.55. The number of hydrogen-bond donors (Lipinski definition) is 0. The average molecular weight is 249 g/mol. The third kappa shape index (κ3) is 2.27. The molecule has 0 bridgehead atoms. The van der Waals surface area contributed by atoms with Crippen LogP contribution in [0.3, 0.4) is 0 Å². The second-order valence-corrected chi connectivity index (χ2v) is 3.82. The zero-order valence-corrected chi connectivity index (χ0v) is 9.16. The first kappa shape index (κ1) is 10.6. The fourth-order valence-corrected chi connectivity index (χ4v) is 1.59. The minimum atomic E-state index is -0.454. The Morgan fingerprint density at radius 1 is 1.23 bits per heavy atom. The van der Waals surface area contributed by atoms with E-state index in [1.807, 2.05) is 0 Å². The summed E-state index contributed by atoms with van der Waals surface area (Å²) in [7, 11) is 0. The molecule has 13 heavy (non-hydrogen) atoms. The summed E-state index contributed by atoms with van der Waals surface area (Å²) in [5, 5.41) is 0.471. The largest absolute Gasteiger partial charge is 0.207 e. The summed E-state index contributed by atoms with van der Waals surface area (Å²) in [5.74, 6) is -1.03. The summed E-state index contributed by atoms with van der Waals surface area (Å²) in [6, 6.07) is 2.74. The average Bonchev–Trinajstić information content (AvgIpc) is 2.02. The molecule has 0 amide bonds. The molecule has 0 nitrogen and oxygen atoms in total. The molecule has 1 aromatic carbocycles. The molecule has 0 aliphatic rings. The molecule has 0 saturated heterocycles. The summed E-state index contributed by atoms with van der Waals surface area (Å²) in [4.78, 5) is 0. The lowest BCUT2D eigenvalue weighted by Crippen LogP contribution is -1.99. The minimum absolute atomic E-state index is 0.121.